The van der Waals surface area contributed by atoms with Crippen molar-refractivity contribution < 1.29 is 4.42 Å². The number of hydrogen-bond acceptors (Lipinski definition) is 2. The smallest absolute Gasteiger partial charge is 0.101 e. The highest BCUT2D eigenvalue weighted by Crippen LogP contribution is 2.21. The van der Waals surface area contributed by atoms with Crippen LogP contribution in [0.4, 0.5) is 0 Å². The fourth-order valence-electron chi connectivity index (χ4n) is 1.90. The van der Waals surface area contributed by atoms with Gasteiger partial charge in [0.2, 0.25) is 0 Å². The molecule has 1 atom stereocenters. The van der Waals surface area contributed by atoms with Gasteiger partial charge in [0.05, 0.1) is 6.26 Å². The Kier molecular flexibility index (Phi) is 5.48. The van der Waals surface area contributed by atoms with Crippen molar-refractivity contribution >= 4 is 0 Å². The minimum atomic E-state index is 0.458. The first-order chi connectivity index (χ1) is 7.27. The second kappa shape index (κ2) is 6.67. The summed E-state index contributed by atoms with van der Waals surface area (Å²) in [7, 11) is 2.02. The lowest BCUT2D eigenvalue weighted by molar-refractivity contribution is 0.490. The lowest BCUT2D eigenvalue weighted by atomic mass is 10.0. The zero-order chi connectivity index (χ0) is 11.1. The lowest BCUT2D eigenvalue weighted by Crippen LogP contribution is -2.15. The van der Waals surface area contributed by atoms with E-state index >= 15 is 0 Å². The first-order valence-corrected chi connectivity index (χ1v) is 6.00. The number of unbranched alkanes of at least 4 members (excludes halogenated alkanes) is 3. The number of hydrogen-bond donors (Lipinski definition) is 1. The zero-order valence-electron chi connectivity index (χ0n) is 10.2. The van der Waals surface area contributed by atoms with Gasteiger partial charge in [0.15, 0.2) is 0 Å². The van der Waals surface area contributed by atoms with Crippen molar-refractivity contribution in [3.8, 4) is 0 Å². The molecule has 1 aromatic heterocycles. The first kappa shape index (κ1) is 12.3. The van der Waals surface area contributed by atoms with Gasteiger partial charge in [-0.1, -0.05) is 32.6 Å². The van der Waals surface area contributed by atoms with Crippen LogP contribution >= 0.6 is 0 Å². The van der Waals surface area contributed by atoms with Gasteiger partial charge in [-0.15, -0.1) is 0 Å². The third-order valence-corrected chi connectivity index (χ3v) is 2.85. The van der Waals surface area contributed by atoms with Crippen molar-refractivity contribution in [2.45, 2.75) is 52.0 Å². The second-order valence-corrected chi connectivity index (χ2v) is 4.18. The minimum absolute atomic E-state index is 0.458. The quantitative estimate of drug-likeness (QED) is 0.691. The van der Waals surface area contributed by atoms with Crippen molar-refractivity contribution in [1.29, 1.82) is 0 Å². The highest BCUT2D eigenvalue weighted by Gasteiger charge is 2.10. The molecule has 0 spiro atoms. The highest BCUT2D eigenvalue weighted by molar-refractivity contribution is 5.16. The van der Waals surface area contributed by atoms with E-state index in [-0.39, 0.29) is 0 Å². The maximum absolute atomic E-state index is 5.33. The SMILES string of the molecule is CCCCCCC(NC)c1coc(C)c1. The number of furan rings is 1. The number of aryl methyl sites for hydroxylation is 1. The van der Waals surface area contributed by atoms with E-state index in [1.807, 2.05) is 20.2 Å². The summed E-state index contributed by atoms with van der Waals surface area (Å²) < 4.78 is 5.33. The Labute approximate surface area is 93.1 Å². The molecule has 1 heterocycles. The van der Waals surface area contributed by atoms with Crippen LogP contribution in [0.25, 0.3) is 0 Å². The van der Waals surface area contributed by atoms with Crippen LogP contribution in [0.1, 0.15) is 56.4 Å². The Morgan fingerprint density at radius 1 is 1.33 bits per heavy atom. The summed E-state index contributed by atoms with van der Waals surface area (Å²) in [5.41, 5.74) is 1.28. The highest BCUT2D eigenvalue weighted by atomic mass is 16.3. The van der Waals surface area contributed by atoms with E-state index in [0.29, 0.717) is 6.04 Å². The Bertz CT molecular complexity index is 267. The monoisotopic (exact) mass is 209 g/mol. The van der Waals surface area contributed by atoms with E-state index in [2.05, 4.69) is 18.3 Å². The van der Waals surface area contributed by atoms with Gasteiger partial charge < -0.3 is 9.73 Å². The third-order valence-electron chi connectivity index (χ3n) is 2.85. The van der Waals surface area contributed by atoms with Crippen LogP contribution in [0.2, 0.25) is 0 Å². The molecule has 2 nitrogen and oxygen atoms in total. The van der Waals surface area contributed by atoms with Crippen molar-refractivity contribution in [3.63, 3.8) is 0 Å². The van der Waals surface area contributed by atoms with Crippen molar-refractivity contribution in [1.82, 2.24) is 5.32 Å². The van der Waals surface area contributed by atoms with E-state index in [4.69, 9.17) is 4.42 Å². The molecule has 0 saturated heterocycles. The van der Waals surface area contributed by atoms with Crippen LogP contribution in [0.5, 0.6) is 0 Å². The number of nitrogens with one attached hydrogen (secondary N) is 1. The molecule has 0 saturated carbocycles. The molecule has 0 radical (unpaired) electrons. The van der Waals surface area contributed by atoms with Gasteiger partial charge in [0.25, 0.3) is 0 Å². The summed E-state index contributed by atoms with van der Waals surface area (Å²) in [5.74, 6) is 0.999. The molecular weight excluding hydrogens is 186 g/mol. The van der Waals surface area contributed by atoms with E-state index in [1.54, 1.807) is 0 Å². The van der Waals surface area contributed by atoms with E-state index in [0.717, 1.165) is 5.76 Å². The van der Waals surface area contributed by atoms with Crippen molar-refractivity contribution in [2.24, 2.45) is 0 Å². The largest absolute Gasteiger partial charge is 0.469 e. The van der Waals surface area contributed by atoms with E-state index in [9.17, 15) is 0 Å². The average molecular weight is 209 g/mol. The summed E-state index contributed by atoms with van der Waals surface area (Å²) in [6.07, 6.45) is 8.36. The summed E-state index contributed by atoms with van der Waals surface area (Å²) in [4.78, 5) is 0. The second-order valence-electron chi connectivity index (χ2n) is 4.18. The third kappa shape index (κ3) is 4.08. The molecule has 0 bridgehead atoms. The van der Waals surface area contributed by atoms with Gasteiger partial charge in [-0.3, -0.25) is 0 Å². The summed E-state index contributed by atoms with van der Waals surface area (Å²) >= 11 is 0. The molecule has 2 heteroatoms. The van der Waals surface area contributed by atoms with Crippen LogP contribution in [0.3, 0.4) is 0 Å². The zero-order valence-corrected chi connectivity index (χ0v) is 10.2. The summed E-state index contributed by atoms with van der Waals surface area (Å²) in [5, 5.41) is 3.35. The van der Waals surface area contributed by atoms with Crippen molar-refractivity contribution in [2.75, 3.05) is 7.05 Å². The molecule has 15 heavy (non-hydrogen) atoms. The molecule has 0 aliphatic rings. The normalized spacial score (nSPS) is 13.0. The Balaban J connectivity index is 2.35. The Morgan fingerprint density at radius 3 is 2.67 bits per heavy atom. The lowest BCUT2D eigenvalue weighted by Gasteiger charge is -2.13. The molecule has 1 rings (SSSR count). The number of rotatable bonds is 7. The Hall–Kier alpha value is -0.760. The maximum atomic E-state index is 5.33. The summed E-state index contributed by atoms with van der Waals surface area (Å²) in [6.45, 7) is 4.24. The van der Waals surface area contributed by atoms with E-state index < -0.39 is 0 Å². The van der Waals surface area contributed by atoms with E-state index in [1.165, 1.54) is 37.7 Å². The Morgan fingerprint density at radius 2 is 2.13 bits per heavy atom. The minimum Gasteiger partial charge on any atom is -0.469 e. The molecular formula is C13H23NO. The predicted molar refractivity (Wildman–Crippen MR) is 64.0 cm³/mol. The van der Waals surface area contributed by atoms with Crippen LogP contribution in [0.15, 0.2) is 16.7 Å². The molecule has 0 aliphatic heterocycles. The molecule has 1 N–H and O–H groups in total. The van der Waals surface area contributed by atoms with Gasteiger partial charge in [0.1, 0.15) is 5.76 Å². The topological polar surface area (TPSA) is 25.2 Å². The maximum Gasteiger partial charge on any atom is 0.101 e. The first-order valence-electron chi connectivity index (χ1n) is 6.00. The molecule has 1 unspecified atom stereocenters. The molecule has 1 aromatic rings. The molecule has 86 valence electrons. The van der Waals surface area contributed by atoms with Crippen LogP contribution < -0.4 is 5.32 Å². The molecule has 0 aliphatic carbocycles. The van der Waals surface area contributed by atoms with Crippen LogP contribution in [0, 0.1) is 6.92 Å². The van der Waals surface area contributed by atoms with Crippen LogP contribution in [-0.4, -0.2) is 7.05 Å². The van der Waals surface area contributed by atoms with Crippen molar-refractivity contribution in [3.05, 3.63) is 23.7 Å². The molecule has 0 amide bonds. The fraction of sp³-hybridized carbons (Fsp3) is 0.692. The molecule has 0 fully saturated rings. The van der Waals surface area contributed by atoms with Gasteiger partial charge in [-0.25, -0.2) is 0 Å². The predicted octanol–water partition coefficient (Wildman–Crippen LogP) is 3.82. The summed E-state index contributed by atoms with van der Waals surface area (Å²) in [6, 6.07) is 2.58. The average Bonchev–Trinajstić information content (AvgIpc) is 2.65. The standard InChI is InChI=1S/C13H23NO/c1-4-5-6-7-8-13(14-3)12-9-11(2)15-10-12/h9-10,13-14H,4-8H2,1-3H3. The van der Waals surface area contributed by atoms with Gasteiger partial charge in [-0.05, 0) is 26.5 Å². The molecule has 0 aromatic carbocycles. The van der Waals surface area contributed by atoms with Crippen LogP contribution in [-0.2, 0) is 0 Å². The van der Waals surface area contributed by atoms with Gasteiger partial charge >= 0.3 is 0 Å². The van der Waals surface area contributed by atoms with Gasteiger partial charge in [0, 0.05) is 11.6 Å². The van der Waals surface area contributed by atoms with Gasteiger partial charge in [-0.2, -0.15) is 0 Å². The fourth-order valence-corrected chi connectivity index (χ4v) is 1.90.